The zero-order valence-electron chi connectivity index (χ0n) is 20.1. The number of rotatable bonds is 5. The molecule has 0 saturated heterocycles. The minimum absolute atomic E-state index is 0.0358. The van der Waals surface area contributed by atoms with Gasteiger partial charge in [0.2, 0.25) is 5.91 Å². The maximum Gasteiger partial charge on any atom is 0.416 e. The highest BCUT2D eigenvalue weighted by atomic mass is 35.5. The molecule has 1 aliphatic carbocycles. The Bertz CT molecular complexity index is 1670. The number of carbonyl (C=O) groups is 2. The number of aromatic nitrogens is 2. The minimum Gasteiger partial charge on any atom is -0.326 e. The van der Waals surface area contributed by atoms with E-state index in [-0.39, 0.29) is 27.5 Å². The van der Waals surface area contributed by atoms with Crippen molar-refractivity contribution in [2.75, 3.05) is 10.6 Å². The summed E-state index contributed by atoms with van der Waals surface area (Å²) < 4.78 is 39.7. The molecule has 4 aromatic rings. The molecule has 40 heavy (non-hydrogen) atoms. The van der Waals surface area contributed by atoms with E-state index in [0.717, 1.165) is 12.1 Å². The quantitative estimate of drug-likeness (QED) is 0.213. The SMILES string of the molecule is Cn1nc(NC(=O)c2cc(NC(=O)[C@H]3[C@H](c4cc(Cl)cc(Cl)c4)C3(Cl)Cl)ccc2Cl)c2cc(C(F)(F)F)ccc21. The Morgan fingerprint density at radius 2 is 1.62 bits per heavy atom. The predicted octanol–water partition coefficient (Wildman–Crippen LogP) is 8.33. The van der Waals surface area contributed by atoms with E-state index in [4.69, 9.17) is 58.0 Å². The van der Waals surface area contributed by atoms with Crippen molar-refractivity contribution in [2.45, 2.75) is 16.4 Å². The van der Waals surface area contributed by atoms with Crippen molar-refractivity contribution < 1.29 is 22.8 Å². The average molecular weight is 651 g/mol. The van der Waals surface area contributed by atoms with Crippen LogP contribution in [0.5, 0.6) is 0 Å². The van der Waals surface area contributed by atoms with Crippen molar-refractivity contribution >= 4 is 92.2 Å². The maximum atomic E-state index is 13.3. The van der Waals surface area contributed by atoms with E-state index < -0.39 is 39.7 Å². The molecule has 1 saturated carbocycles. The predicted molar refractivity (Wildman–Crippen MR) is 151 cm³/mol. The van der Waals surface area contributed by atoms with Crippen LogP contribution >= 0.6 is 58.0 Å². The van der Waals surface area contributed by atoms with Gasteiger partial charge >= 0.3 is 6.18 Å². The largest absolute Gasteiger partial charge is 0.416 e. The summed E-state index contributed by atoms with van der Waals surface area (Å²) in [4.78, 5) is 26.2. The summed E-state index contributed by atoms with van der Waals surface area (Å²) in [5, 5.41) is 10.2. The number of nitrogens with zero attached hydrogens (tertiary/aromatic N) is 2. The molecule has 5 rings (SSSR count). The molecule has 6 nitrogen and oxygen atoms in total. The first-order chi connectivity index (χ1) is 18.7. The number of hydrogen-bond acceptors (Lipinski definition) is 3. The summed E-state index contributed by atoms with van der Waals surface area (Å²) in [6, 6.07) is 12.1. The summed E-state index contributed by atoms with van der Waals surface area (Å²) in [6.07, 6.45) is -4.58. The molecule has 208 valence electrons. The first-order valence-electron chi connectivity index (χ1n) is 11.5. The highest BCUT2D eigenvalue weighted by molar-refractivity contribution is 6.53. The van der Waals surface area contributed by atoms with Gasteiger partial charge in [-0.25, -0.2) is 0 Å². The van der Waals surface area contributed by atoms with Gasteiger partial charge in [0.1, 0.15) is 4.33 Å². The van der Waals surface area contributed by atoms with Crippen LogP contribution < -0.4 is 10.6 Å². The van der Waals surface area contributed by atoms with Crippen LogP contribution in [-0.2, 0) is 18.0 Å². The van der Waals surface area contributed by atoms with E-state index in [1.165, 1.54) is 42.1 Å². The first kappa shape index (κ1) is 28.8. The third kappa shape index (κ3) is 5.45. The molecular weight excluding hydrogens is 635 g/mol. The first-order valence-corrected chi connectivity index (χ1v) is 13.4. The summed E-state index contributed by atoms with van der Waals surface area (Å²) >= 11 is 31.2. The van der Waals surface area contributed by atoms with Gasteiger partial charge in [0.05, 0.1) is 27.6 Å². The topological polar surface area (TPSA) is 76.0 Å². The smallest absolute Gasteiger partial charge is 0.326 e. The lowest BCUT2D eigenvalue weighted by Crippen LogP contribution is -2.18. The number of aryl methyl sites for hydroxylation is 1. The van der Waals surface area contributed by atoms with E-state index in [0.29, 0.717) is 21.1 Å². The zero-order chi connectivity index (χ0) is 29.1. The van der Waals surface area contributed by atoms with Gasteiger partial charge in [0.25, 0.3) is 5.91 Å². The lowest BCUT2D eigenvalue weighted by atomic mass is 10.1. The van der Waals surface area contributed by atoms with Crippen LogP contribution in [0, 0.1) is 5.92 Å². The van der Waals surface area contributed by atoms with Crippen LogP contribution in [0.3, 0.4) is 0 Å². The fourth-order valence-corrected chi connectivity index (χ4v) is 6.10. The van der Waals surface area contributed by atoms with Crippen molar-refractivity contribution in [3.05, 3.63) is 86.4 Å². The number of alkyl halides is 5. The minimum atomic E-state index is -4.58. The highest BCUT2D eigenvalue weighted by Gasteiger charge is 2.67. The van der Waals surface area contributed by atoms with Gasteiger partial charge in [-0.2, -0.15) is 18.3 Å². The Balaban J connectivity index is 1.37. The number of fused-ring (bicyclic) bond motifs is 1. The van der Waals surface area contributed by atoms with Crippen LogP contribution in [0.25, 0.3) is 10.9 Å². The van der Waals surface area contributed by atoms with Gasteiger partial charge in [-0.3, -0.25) is 14.3 Å². The molecular formula is C26H16Cl5F3N4O2. The molecule has 1 fully saturated rings. The van der Waals surface area contributed by atoms with E-state index in [2.05, 4.69) is 15.7 Å². The number of nitrogens with one attached hydrogen (secondary N) is 2. The van der Waals surface area contributed by atoms with Crippen LogP contribution in [0.2, 0.25) is 15.1 Å². The Labute approximate surface area is 250 Å². The fourth-order valence-electron chi connectivity index (χ4n) is 4.53. The molecule has 1 heterocycles. The van der Waals surface area contributed by atoms with Crippen molar-refractivity contribution in [3.63, 3.8) is 0 Å². The molecule has 0 unspecified atom stereocenters. The van der Waals surface area contributed by atoms with Crippen molar-refractivity contribution in [2.24, 2.45) is 13.0 Å². The Kier molecular flexibility index (Phi) is 7.42. The van der Waals surface area contributed by atoms with Gasteiger partial charge < -0.3 is 10.6 Å². The Morgan fingerprint density at radius 3 is 2.27 bits per heavy atom. The van der Waals surface area contributed by atoms with E-state index in [9.17, 15) is 22.8 Å². The maximum absolute atomic E-state index is 13.3. The molecule has 0 radical (unpaired) electrons. The van der Waals surface area contributed by atoms with Crippen LogP contribution in [0.15, 0.2) is 54.6 Å². The second kappa shape index (κ2) is 10.3. The molecule has 2 N–H and O–H groups in total. The molecule has 3 aromatic carbocycles. The Hall–Kier alpha value is -2.69. The number of carbonyl (C=O) groups excluding carboxylic acids is 2. The van der Waals surface area contributed by atoms with Gasteiger partial charge in [-0.15, -0.1) is 23.2 Å². The normalized spacial score (nSPS) is 18.0. The second-order valence-corrected chi connectivity index (χ2v) is 11.9. The summed E-state index contributed by atoms with van der Waals surface area (Å²) in [5.74, 6) is -2.79. The van der Waals surface area contributed by atoms with Gasteiger partial charge in [-0.05, 0) is 60.2 Å². The molecule has 0 spiro atoms. The summed E-state index contributed by atoms with van der Waals surface area (Å²) in [5.41, 5.74) is 0.237. The number of benzene rings is 3. The highest BCUT2D eigenvalue weighted by Crippen LogP contribution is 2.65. The van der Waals surface area contributed by atoms with E-state index >= 15 is 0 Å². The van der Waals surface area contributed by atoms with Crippen molar-refractivity contribution in [1.29, 1.82) is 0 Å². The van der Waals surface area contributed by atoms with Crippen molar-refractivity contribution in [3.8, 4) is 0 Å². The third-order valence-electron chi connectivity index (χ3n) is 6.47. The lowest BCUT2D eigenvalue weighted by molar-refractivity contribution is -0.137. The van der Waals surface area contributed by atoms with Crippen molar-refractivity contribution in [1.82, 2.24) is 9.78 Å². The number of amides is 2. The van der Waals surface area contributed by atoms with E-state index in [1.807, 2.05) is 0 Å². The molecule has 1 aromatic heterocycles. The summed E-state index contributed by atoms with van der Waals surface area (Å²) in [7, 11) is 1.53. The number of hydrogen-bond donors (Lipinski definition) is 2. The monoisotopic (exact) mass is 648 g/mol. The second-order valence-electron chi connectivity index (χ2n) is 9.17. The lowest BCUT2D eigenvalue weighted by Gasteiger charge is -2.10. The molecule has 0 bridgehead atoms. The molecule has 14 heteroatoms. The molecule has 1 aliphatic rings. The Morgan fingerprint density at radius 1 is 0.950 bits per heavy atom. The van der Waals surface area contributed by atoms with Crippen LogP contribution in [0.4, 0.5) is 24.7 Å². The van der Waals surface area contributed by atoms with Gasteiger partial charge in [-0.1, -0.05) is 34.8 Å². The molecule has 2 atom stereocenters. The fraction of sp³-hybridized carbons (Fsp3) is 0.192. The average Bonchev–Trinajstić information content (AvgIpc) is 3.31. The number of halogens is 8. The standard InChI is InChI=1S/C26H16Cl5F3N4O2/c1-38-19-5-2-12(26(32,33)34)8-17(19)22(37-38)36-23(39)16-10-15(3-4-18(16)29)35-24(40)21-20(25(21,30)31)11-6-13(27)9-14(28)7-11/h2-10,20-21H,1H3,(H,35,40)(H,36,37,39)/t20-,21+/m0/s1. The zero-order valence-corrected chi connectivity index (χ0v) is 23.9. The van der Waals surface area contributed by atoms with Gasteiger partial charge in [0.15, 0.2) is 5.82 Å². The van der Waals surface area contributed by atoms with E-state index in [1.54, 1.807) is 12.1 Å². The molecule has 2 amide bonds. The molecule has 0 aliphatic heterocycles. The third-order valence-corrected chi connectivity index (χ3v) is 8.17. The van der Waals surface area contributed by atoms with Crippen LogP contribution in [-0.4, -0.2) is 25.9 Å². The van der Waals surface area contributed by atoms with Gasteiger partial charge in [0, 0.05) is 34.1 Å². The number of anilines is 2. The summed E-state index contributed by atoms with van der Waals surface area (Å²) in [6.45, 7) is 0. The van der Waals surface area contributed by atoms with Crippen LogP contribution in [0.1, 0.15) is 27.4 Å².